The normalized spacial score (nSPS) is 19.3. The first-order valence-corrected chi connectivity index (χ1v) is 13.5. The van der Waals surface area contributed by atoms with Crippen LogP contribution < -0.4 is 9.21 Å². The van der Waals surface area contributed by atoms with Crippen molar-refractivity contribution >= 4 is 38.3 Å². The second-order valence-electron chi connectivity index (χ2n) is 9.43. The molecule has 0 bridgehead atoms. The highest BCUT2D eigenvalue weighted by atomic mass is 32.2. The van der Waals surface area contributed by atoms with E-state index in [4.69, 9.17) is 9.72 Å². The number of fused-ring (bicyclic) bond motifs is 1. The Morgan fingerprint density at radius 2 is 1.88 bits per heavy atom. The van der Waals surface area contributed by atoms with Gasteiger partial charge in [0.15, 0.2) is 5.13 Å². The second-order valence-corrected chi connectivity index (χ2v) is 12.1. The van der Waals surface area contributed by atoms with Crippen molar-refractivity contribution in [1.82, 2.24) is 9.88 Å². The molecular formula is C22H30N4O4S2. The number of thiazole rings is 1. The molecule has 32 heavy (non-hydrogen) atoms. The average molecular weight is 479 g/mol. The molecule has 8 nitrogen and oxygen atoms in total. The molecule has 0 aliphatic carbocycles. The van der Waals surface area contributed by atoms with Crippen LogP contribution in [-0.2, 0) is 21.2 Å². The number of rotatable bonds is 3. The Labute approximate surface area is 193 Å². The van der Waals surface area contributed by atoms with E-state index in [-0.39, 0.29) is 12.1 Å². The number of carbonyl (C=O) groups excluding carboxylic acids is 1. The summed E-state index contributed by atoms with van der Waals surface area (Å²) in [4.78, 5) is 21.0. The zero-order chi connectivity index (χ0) is 23.3. The quantitative estimate of drug-likeness (QED) is 0.671. The molecule has 1 aromatic carbocycles. The number of nitrogens with zero attached hydrogens (tertiary/aromatic N) is 4. The fraction of sp³-hybridized carbons (Fsp3) is 0.545. The van der Waals surface area contributed by atoms with E-state index in [1.807, 2.05) is 45.2 Å². The Balaban J connectivity index is 1.44. The highest BCUT2D eigenvalue weighted by Gasteiger charge is 2.33. The molecule has 0 N–H and O–H groups in total. The molecule has 0 spiro atoms. The molecule has 1 fully saturated rings. The van der Waals surface area contributed by atoms with Crippen LogP contribution in [0.3, 0.4) is 0 Å². The fourth-order valence-corrected chi connectivity index (χ4v) is 6.37. The van der Waals surface area contributed by atoms with Crippen LogP contribution in [0.25, 0.3) is 11.3 Å². The zero-order valence-corrected chi connectivity index (χ0v) is 20.8. The summed E-state index contributed by atoms with van der Waals surface area (Å²) in [5, 5.41) is 2.96. The third-order valence-corrected chi connectivity index (χ3v) is 7.75. The van der Waals surface area contributed by atoms with Crippen molar-refractivity contribution in [3.63, 3.8) is 0 Å². The lowest BCUT2D eigenvalue weighted by molar-refractivity contribution is 0.0240. The number of aromatic nitrogens is 1. The van der Waals surface area contributed by atoms with Crippen molar-refractivity contribution in [2.24, 2.45) is 0 Å². The lowest BCUT2D eigenvalue weighted by Crippen LogP contribution is -2.50. The van der Waals surface area contributed by atoms with Gasteiger partial charge >= 0.3 is 6.09 Å². The average Bonchev–Trinajstić information content (AvgIpc) is 3.29. The Bertz CT molecular complexity index is 1120. The van der Waals surface area contributed by atoms with Crippen LogP contribution in [0.5, 0.6) is 0 Å². The van der Waals surface area contributed by atoms with Gasteiger partial charge in [0.2, 0.25) is 10.0 Å². The van der Waals surface area contributed by atoms with Crippen molar-refractivity contribution in [2.45, 2.75) is 45.8 Å². The number of hydrogen-bond acceptors (Lipinski definition) is 7. The predicted octanol–water partition coefficient (Wildman–Crippen LogP) is 3.58. The molecular weight excluding hydrogens is 448 g/mol. The van der Waals surface area contributed by atoms with Gasteiger partial charge < -0.3 is 14.5 Å². The van der Waals surface area contributed by atoms with Crippen LogP contribution in [0.15, 0.2) is 23.6 Å². The molecule has 4 rings (SSSR count). The molecule has 174 valence electrons. The van der Waals surface area contributed by atoms with Crippen LogP contribution in [0.2, 0.25) is 0 Å². The van der Waals surface area contributed by atoms with Gasteiger partial charge in [-0.1, -0.05) is 6.07 Å². The van der Waals surface area contributed by atoms with Crippen molar-refractivity contribution in [3.05, 3.63) is 29.1 Å². The molecule has 10 heteroatoms. The van der Waals surface area contributed by atoms with E-state index in [2.05, 4.69) is 11.0 Å². The molecule has 2 aliphatic rings. The van der Waals surface area contributed by atoms with Gasteiger partial charge in [0.25, 0.3) is 0 Å². The largest absolute Gasteiger partial charge is 0.444 e. The number of carbonyl (C=O) groups is 1. The maximum atomic E-state index is 12.3. The third-order valence-electron chi connectivity index (χ3n) is 5.58. The van der Waals surface area contributed by atoms with Crippen LogP contribution in [-0.4, -0.2) is 68.5 Å². The molecule has 1 atom stereocenters. The molecule has 1 saturated heterocycles. The molecule has 1 aromatic heterocycles. The third kappa shape index (κ3) is 4.71. The van der Waals surface area contributed by atoms with E-state index in [0.29, 0.717) is 32.6 Å². The van der Waals surface area contributed by atoms with E-state index in [1.165, 1.54) is 10.6 Å². The second kappa shape index (κ2) is 8.22. The van der Waals surface area contributed by atoms with E-state index in [0.717, 1.165) is 27.6 Å². The number of ether oxygens (including phenoxy) is 1. The van der Waals surface area contributed by atoms with Gasteiger partial charge in [-0.25, -0.2) is 18.2 Å². The first kappa shape index (κ1) is 22.8. The SMILES string of the molecule is CC1Cc2cc(-c3csc(N4CCN(C(=O)OC(C)(C)C)CC4)n3)ccc2N1S(C)(=O)=O. The Hall–Kier alpha value is -2.33. The van der Waals surface area contributed by atoms with Gasteiger partial charge in [-0.3, -0.25) is 4.31 Å². The van der Waals surface area contributed by atoms with Crippen molar-refractivity contribution in [1.29, 1.82) is 0 Å². The summed E-state index contributed by atoms with van der Waals surface area (Å²) in [7, 11) is -3.30. The molecule has 0 radical (unpaired) electrons. The molecule has 1 amide bonds. The monoisotopic (exact) mass is 478 g/mol. The van der Waals surface area contributed by atoms with Crippen molar-refractivity contribution in [3.8, 4) is 11.3 Å². The zero-order valence-electron chi connectivity index (χ0n) is 19.2. The van der Waals surface area contributed by atoms with E-state index in [1.54, 1.807) is 16.2 Å². The minimum absolute atomic E-state index is 0.0810. The number of piperazine rings is 1. The summed E-state index contributed by atoms with van der Waals surface area (Å²) in [6.07, 6.45) is 1.68. The van der Waals surface area contributed by atoms with Crippen LogP contribution in [0.1, 0.15) is 33.3 Å². The Kier molecular flexibility index (Phi) is 5.87. The lowest BCUT2D eigenvalue weighted by Gasteiger charge is -2.35. The van der Waals surface area contributed by atoms with E-state index >= 15 is 0 Å². The summed E-state index contributed by atoms with van der Waals surface area (Å²) < 4.78 is 31.3. The minimum atomic E-state index is -3.30. The highest BCUT2D eigenvalue weighted by Crippen LogP contribution is 2.37. The minimum Gasteiger partial charge on any atom is -0.444 e. The first-order valence-electron chi connectivity index (χ1n) is 10.7. The Morgan fingerprint density at radius 1 is 1.19 bits per heavy atom. The number of anilines is 2. The number of benzene rings is 1. The van der Waals surface area contributed by atoms with Gasteiger partial charge in [0, 0.05) is 43.2 Å². The predicted molar refractivity (Wildman–Crippen MR) is 128 cm³/mol. The van der Waals surface area contributed by atoms with Crippen LogP contribution in [0.4, 0.5) is 15.6 Å². The molecule has 2 aliphatic heterocycles. The lowest BCUT2D eigenvalue weighted by atomic mass is 10.1. The maximum absolute atomic E-state index is 12.3. The molecule has 2 aromatic rings. The maximum Gasteiger partial charge on any atom is 0.410 e. The number of amides is 1. The molecule has 0 saturated carbocycles. The number of hydrogen-bond donors (Lipinski definition) is 0. The van der Waals surface area contributed by atoms with Gasteiger partial charge in [-0.05, 0) is 51.8 Å². The Morgan fingerprint density at radius 3 is 2.50 bits per heavy atom. The topological polar surface area (TPSA) is 83.1 Å². The van der Waals surface area contributed by atoms with Crippen LogP contribution in [0, 0.1) is 0 Å². The summed E-state index contributed by atoms with van der Waals surface area (Å²) in [5.74, 6) is 0. The standard InChI is InChI=1S/C22H30N4O4S2/c1-15-12-17-13-16(6-7-19(17)26(15)32(5,28)29)18-14-31-20(23-18)24-8-10-25(11-9-24)21(27)30-22(2,3)4/h6-7,13-15H,8-12H2,1-5H3. The summed E-state index contributed by atoms with van der Waals surface area (Å²) in [6, 6.07) is 5.79. The smallest absolute Gasteiger partial charge is 0.410 e. The van der Waals surface area contributed by atoms with Gasteiger partial charge in [-0.2, -0.15) is 0 Å². The van der Waals surface area contributed by atoms with Gasteiger partial charge in [0.05, 0.1) is 17.6 Å². The highest BCUT2D eigenvalue weighted by molar-refractivity contribution is 7.92. The van der Waals surface area contributed by atoms with Gasteiger partial charge in [-0.15, -0.1) is 11.3 Å². The van der Waals surface area contributed by atoms with E-state index < -0.39 is 15.6 Å². The summed E-state index contributed by atoms with van der Waals surface area (Å²) in [6.45, 7) is 10.2. The summed E-state index contributed by atoms with van der Waals surface area (Å²) in [5.41, 5.74) is 3.16. The van der Waals surface area contributed by atoms with E-state index in [9.17, 15) is 13.2 Å². The molecule has 3 heterocycles. The van der Waals surface area contributed by atoms with Gasteiger partial charge in [0.1, 0.15) is 5.60 Å². The first-order chi connectivity index (χ1) is 14.9. The number of sulfonamides is 1. The summed E-state index contributed by atoms with van der Waals surface area (Å²) >= 11 is 1.58. The van der Waals surface area contributed by atoms with Crippen LogP contribution >= 0.6 is 11.3 Å². The van der Waals surface area contributed by atoms with Crippen molar-refractivity contribution < 1.29 is 17.9 Å². The fourth-order valence-electron chi connectivity index (χ4n) is 4.22. The molecule has 1 unspecified atom stereocenters. The van der Waals surface area contributed by atoms with Crippen molar-refractivity contribution in [2.75, 3.05) is 41.6 Å².